The summed E-state index contributed by atoms with van der Waals surface area (Å²) in [5, 5.41) is 0.843. The lowest BCUT2D eigenvalue weighted by molar-refractivity contribution is -0.142. The lowest BCUT2D eigenvalue weighted by Crippen LogP contribution is -2.22. The molecule has 0 fully saturated rings. The van der Waals surface area contributed by atoms with E-state index in [1.54, 1.807) is 18.5 Å². The van der Waals surface area contributed by atoms with Gasteiger partial charge in [-0.1, -0.05) is 0 Å². The maximum atomic E-state index is 11.3. The Bertz CT molecular complexity index is 492. The summed E-state index contributed by atoms with van der Waals surface area (Å²) in [6, 6.07) is 2.88. The van der Waals surface area contributed by atoms with Crippen LogP contribution in [-0.4, -0.2) is 23.0 Å². The van der Waals surface area contributed by atoms with Crippen molar-refractivity contribution in [2.75, 3.05) is 7.11 Å². The molecule has 78 valence electrons. The molecule has 0 bridgehead atoms. The molecule has 0 unspecified atom stereocenters. The van der Waals surface area contributed by atoms with E-state index in [0.717, 1.165) is 5.39 Å². The maximum Gasteiger partial charge on any atom is 0.327 e. The van der Waals surface area contributed by atoms with Gasteiger partial charge in [-0.3, -0.25) is 4.79 Å². The monoisotopic (exact) mass is 205 g/mol. The third-order valence-corrected chi connectivity index (χ3v) is 2.27. The molecule has 0 saturated carbocycles. The molecule has 5 nitrogen and oxygen atoms in total. The van der Waals surface area contributed by atoms with E-state index in [9.17, 15) is 4.79 Å². The summed E-state index contributed by atoms with van der Waals surface area (Å²) in [6.07, 6.45) is 3.35. The van der Waals surface area contributed by atoms with Crippen LogP contribution in [0.25, 0.3) is 11.0 Å². The molecule has 3 N–H and O–H groups in total. The van der Waals surface area contributed by atoms with Gasteiger partial charge in [0.05, 0.1) is 7.11 Å². The van der Waals surface area contributed by atoms with Gasteiger partial charge in [0, 0.05) is 23.3 Å². The number of nitrogens with zero attached hydrogens (tertiary/aromatic N) is 1. The van der Waals surface area contributed by atoms with E-state index in [1.807, 2.05) is 6.07 Å². The van der Waals surface area contributed by atoms with Crippen molar-refractivity contribution < 1.29 is 9.53 Å². The molecule has 5 heteroatoms. The highest BCUT2D eigenvalue weighted by atomic mass is 16.5. The molecule has 0 aliphatic rings. The second-order valence-corrected chi connectivity index (χ2v) is 3.14. The Hall–Kier alpha value is -1.88. The number of methoxy groups -OCH3 is 1. The van der Waals surface area contributed by atoms with E-state index in [4.69, 9.17) is 5.73 Å². The second kappa shape index (κ2) is 3.70. The lowest BCUT2D eigenvalue weighted by atomic mass is 10.1. The second-order valence-electron chi connectivity index (χ2n) is 3.14. The number of nitrogens with one attached hydrogen (secondary N) is 1. The van der Waals surface area contributed by atoms with Crippen molar-refractivity contribution in [1.29, 1.82) is 0 Å². The minimum atomic E-state index is -0.770. The number of hydrogen-bond donors (Lipinski definition) is 2. The van der Waals surface area contributed by atoms with E-state index >= 15 is 0 Å². The number of fused-ring (bicyclic) bond motifs is 1. The SMILES string of the molecule is COC(=O)[C@@H](N)c1c[nH]c2ncccc12. The van der Waals surface area contributed by atoms with Crippen LogP contribution in [0.2, 0.25) is 0 Å². The Morgan fingerprint density at radius 2 is 2.47 bits per heavy atom. The zero-order valence-electron chi connectivity index (χ0n) is 8.23. The number of hydrogen-bond acceptors (Lipinski definition) is 4. The maximum absolute atomic E-state index is 11.3. The van der Waals surface area contributed by atoms with Crippen LogP contribution in [0.3, 0.4) is 0 Å². The predicted octanol–water partition coefficient (Wildman–Crippen LogP) is 0.736. The van der Waals surface area contributed by atoms with Crippen molar-refractivity contribution in [3.63, 3.8) is 0 Å². The number of pyridine rings is 1. The Morgan fingerprint density at radius 1 is 1.67 bits per heavy atom. The van der Waals surface area contributed by atoms with Crippen LogP contribution in [0, 0.1) is 0 Å². The van der Waals surface area contributed by atoms with Crippen molar-refractivity contribution in [3.8, 4) is 0 Å². The number of aromatic amines is 1. The van der Waals surface area contributed by atoms with Crippen molar-refractivity contribution in [2.45, 2.75) is 6.04 Å². The third kappa shape index (κ3) is 1.57. The molecular weight excluding hydrogens is 194 g/mol. The quantitative estimate of drug-likeness (QED) is 0.708. The van der Waals surface area contributed by atoms with Crippen LogP contribution in [0.4, 0.5) is 0 Å². The fraction of sp³-hybridized carbons (Fsp3) is 0.200. The number of carbonyl (C=O) groups excluding carboxylic acids is 1. The zero-order chi connectivity index (χ0) is 10.8. The average molecular weight is 205 g/mol. The number of H-pyrrole nitrogens is 1. The zero-order valence-corrected chi connectivity index (χ0v) is 8.23. The fourth-order valence-corrected chi connectivity index (χ4v) is 1.49. The van der Waals surface area contributed by atoms with E-state index in [-0.39, 0.29) is 0 Å². The number of esters is 1. The predicted molar refractivity (Wildman–Crippen MR) is 55.0 cm³/mol. The molecule has 0 saturated heterocycles. The van der Waals surface area contributed by atoms with Gasteiger partial charge in [-0.2, -0.15) is 0 Å². The highest BCUT2D eigenvalue weighted by Crippen LogP contribution is 2.21. The Labute approximate surface area is 86.3 Å². The first-order chi connectivity index (χ1) is 7.24. The molecule has 0 amide bonds. The van der Waals surface area contributed by atoms with E-state index in [2.05, 4.69) is 14.7 Å². The summed E-state index contributed by atoms with van der Waals surface area (Å²) in [5.74, 6) is -0.459. The average Bonchev–Trinajstić information content (AvgIpc) is 2.70. The summed E-state index contributed by atoms with van der Waals surface area (Å²) in [4.78, 5) is 18.3. The first kappa shape index (κ1) is 9.67. The molecule has 2 aromatic rings. The van der Waals surface area contributed by atoms with Crippen molar-refractivity contribution in [1.82, 2.24) is 9.97 Å². The number of aromatic nitrogens is 2. The number of nitrogens with two attached hydrogens (primary N) is 1. The van der Waals surface area contributed by atoms with E-state index in [0.29, 0.717) is 11.2 Å². The van der Waals surface area contributed by atoms with Gasteiger partial charge < -0.3 is 15.5 Å². The Balaban J connectivity index is 2.48. The van der Waals surface area contributed by atoms with Gasteiger partial charge in [0.25, 0.3) is 0 Å². The molecule has 0 aliphatic carbocycles. The molecular formula is C10H11N3O2. The third-order valence-electron chi connectivity index (χ3n) is 2.27. The first-order valence-corrected chi connectivity index (χ1v) is 4.49. The molecule has 0 aliphatic heterocycles. The summed E-state index contributed by atoms with van der Waals surface area (Å²) in [7, 11) is 1.31. The molecule has 0 radical (unpaired) electrons. The highest BCUT2D eigenvalue weighted by molar-refractivity contribution is 5.87. The Kier molecular flexibility index (Phi) is 2.39. The Morgan fingerprint density at radius 3 is 3.20 bits per heavy atom. The van der Waals surface area contributed by atoms with E-state index < -0.39 is 12.0 Å². The number of rotatable bonds is 2. The van der Waals surface area contributed by atoms with Gasteiger partial charge in [-0.25, -0.2) is 4.98 Å². The first-order valence-electron chi connectivity index (χ1n) is 4.49. The number of carbonyl (C=O) groups is 1. The minimum absolute atomic E-state index is 0.459. The topological polar surface area (TPSA) is 81.0 Å². The van der Waals surface area contributed by atoms with Gasteiger partial charge in [0.2, 0.25) is 0 Å². The number of ether oxygens (including phenoxy) is 1. The lowest BCUT2D eigenvalue weighted by Gasteiger charge is -2.07. The summed E-state index contributed by atoms with van der Waals surface area (Å²) >= 11 is 0. The summed E-state index contributed by atoms with van der Waals surface area (Å²) < 4.78 is 4.59. The van der Waals surface area contributed by atoms with E-state index in [1.165, 1.54) is 7.11 Å². The minimum Gasteiger partial charge on any atom is -0.468 e. The molecule has 0 spiro atoms. The molecule has 2 aromatic heterocycles. The summed E-state index contributed by atoms with van der Waals surface area (Å²) in [6.45, 7) is 0. The van der Waals surface area contributed by atoms with Crippen LogP contribution in [0.5, 0.6) is 0 Å². The van der Waals surface area contributed by atoms with Crippen LogP contribution >= 0.6 is 0 Å². The van der Waals surface area contributed by atoms with Crippen molar-refractivity contribution in [2.24, 2.45) is 5.73 Å². The van der Waals surface area contributed by atoms with Gasteiger partial charge in [-0.15, -0.1) is 0 Å². The van der Waals surface area contributed by atoms with Crippen molar-refractivity contribution in [3.05, 3.63) is 30.1 Å². The standard InChI is InChI=1S/C10H11N3O2/c1-15-10(14)8(11)7-5-13-9-6(7)3-2-4-12-9/h2-5,8H,11H2,1H3,(H,12,13)/t8-/m0/s1. The van der Waals surface area contributed by atoms with Gasteiger partial charge in [0.15, 0.2) is 0 Å². The largest absolute Gasteiger partial charge is 0.468 e. The highest BCUT2D eigenvalue weighted by Gasteiger charge is 2.19. The van der Waals surface area contributed by atoms with Crippen LogP contribution in [0.1, 0.15) is 11.6 Å². The normalized spacial score (nSPS) is 12.7. The fourth-order valence-electron chi connectivity index (χ4n) is 1.49. The molecule has 0 aromatic carbocycles. The van der Waals surface area contributed by atoms with Gasteiger partial charge in [0.1, 0.15) is 11.7 Å². The molecule has 1 atom stereocenters. The smallest absolute Gasteiger partial charge is 0.327 e. The molecule has 2 rings (SSSR count). The molecule has 2 heterocycles. The van der Waals surface area contributed by atoms with Gasteiger partial charge >= 0.3 is 5.97 Å². The van der Waals surface area contributed by atoms with Crippen LogP contribution < -0.4 is 5.73 Å². The van der Waals surface area contributed by atoms with Gasteiger partial charge in [-0.05, 0) is 12.1 Å². The van der Waals surface area contributed by atoms with Crippen LogP contribution in [-0.2, 0) is 9.53 Å². The van der Waals surface area contributed by atoms with Crippen LogP contribution in [0.15, 0.2) is 24.5 Å². The molecule has 15 heavy (non-hydrogen) atoms. The summed E-state index contributed by atoms with van der Waals surface area (Å²) in [5.41, 5.74) is 7.15. The van der Waals surface area contributed by atoms with Crippen molar-refractivity contribution >= 4 is 17.0 Å².